The van der Waals surface area contributed by atoms with Gasteiger partial charge in [-0.1, -0.05) is 430 Å². The molecular weight excluding hydrogens is 1530 g/mol. The first-order valence-corrected chi connectivity index (χ1v) is 48.3. The van der Waals surface area contributed by atoms with Gasteiger partial charge < -0.3 is 0 Å². The second-order valence-corrected chi connectivity index (χ2v) is 30.3. The third-order valence-electron chi connectivity index (χ3n) is 22.9. The molecule has 22 aromatic rings. The van der Waals surface area contributed by atoms with Gasteiger partial charge in [0.2, 0.25) is 0 Å². The quantitative estimate of drug-likeness (QED) is 0.105. The number of fused-ring (bicyclic) bond motifs is 4. The van der Waals surface area contributed by atoms with Crippen molar-refractivity contribution in [1.29, 1.82) is 0 Å². The second-order valence-electron chi connectivity index (χ2n) is 30.3. The van der Waals surface area contributed by atoms with Crippen molar-refractivity contribution in [3.05, 3.63) is 357 Å². The van der Waals surface area contributed by atoms with Crippen LogP contribution in [0.3, 0.4) is 0 Å². The number of benzene rings is 22. The summed E-state index contributed by atoms with van der Waals surface area (Å²) in [5.41, 5.74) is 17.6. The SMILES string of the molecule is CC.CC.CC.CC.CC.CC.CC.CC.CC.CC.CC.Cc1cc(C)c2ccc3cccc4ccc1c2c43.Cc1cc2ccc3cc(C)cc4ccc(c1)c2c34.Cc1cc2cccc3c(C)cc4cccc1c4c23.Cc1ccc2c(C)c3cc(C)ccc3cc2c1.Cc1ccc2ccc3c(C)ccc4ccc1c2c43.Cc1cccc2cc3cccc(C)c3cc12. The van der Waals surface area contributed by atoms with Crippen molar-refractivity contribution in [2.24, 2.45) is 0 Å². The number of aryl methyl sites for hydroxylation is 13. The maximum atomic E-state index is 2.31. The highest BCUT2D eigenvalue weighted by Gasteiger charge is 2.16. The number of rotatable bonds is 0. The summed E-state index contributed by atoms with van der Waals surface area (Å²) in [6, 6.07) is 105. The molecule has 0 heterocycles. The lowest BCUT2D eigenvalue weighted by atomic mass is 9.90. The van der Waals surface area contributed by atoms with E-state index in [-0.39, 0.29) is 0 Å². The zero-order valence-corrected chi connectivity index (χ0v) is 84.6. The standard InChI is InChI=1S/4C18H14.C17H16.C16H14.11C2H6/c1-11-9-13-5-4-8-16-12(2)10-14-6-3-7-15(11)17(14)18(13)16;1-11-7-13-3-5-15-9-12(2)10-16-6-4-14(8-11)17(13)18(15)16;1-11-3-5-13-8-10-16-12(2)4-6-14-7-9-15(11)17(13)18(14)16;1-11-10-12(2)16-9-7-14-5-3-4-13-6-8-15(11)18(16)17(13)14;1-11-5-7-16-13(3)17-9-12(2)4-6-14(17)10-15(16)8-11;1-11-5-3-7-13-9-14-8-4-6-12(2)16(14)10-15(11)13;11*1-2/h4*3-10H,1-2H3;4-10H,1-3H3;3-10H,1-2H3;11*1-2H3. The number of hydrogen-bond donors (Lipinski definition) is 0. The molecule has 0 aromatic heterocycles. The van der Waals surface area contributed by atoms with Crippen LogP contribution in [0.25, 0.3) is 172 Å². The zero-order valence-electron chi connectivity index (χ0n) is 84.6. The minimum Gasteiger partial charge on any atom is -0.0683 e. The van der Waals surface area contributed by atoms with E-state index >= 15 is 0 Å². The summed E-state index contributed by atoms with van der Waals surface area (Å²) >= 11 is 0. The first-order chi connectivity index (χ1) is 61.9. The highest BCUT2D eigenvalue weighted by atomic mass is 14.2. The molecule has 0 saturated carbocycles. The van der Waals surface area contributed by atoms with Crippen LogP contribution in [-0.2, 0) is 0 Å². The summed E-state index contributed by atoms with van der Waals surface area (Å²) in [5, 5.41) is 44.0. The van der Waals surface area contributed by atoms with Crippen molar-refractivity contribution in [3.8, 4) is 0 Å². The van der Waals surface area contributed by atoms with E-state index in [0.29, 0.717) is 0 Å². The minimum absolute atomic E-state index is 1.32. The van der Waals surface area contributed by atoms with Crippen LogP contribution in [0.15, 0.2) is 285 Å². The number of hydrogen-bond acceptors (Lipinski definition) is 0. The first kappa shape index (κ1) is 104. The predicted octanol–water partition coefficient (Wildman–Crippen LogP) is 41.6. The molecule has 0 aliphatic heterocycles. The molecule has 0 unspecified atom stereocenters. The Morgan fingerprint density at radius 1 is 0.110 bits per heavy atom. The Labute approximate surface area is 766 Å². The molecule has 0 atom stereocenters. The Balaban J connectivity index is 0.000000225. The van der Waals surface area contributed by atoms with Gasteiger partial charge in [-0.3, -0.25) is 0 Å². The van der Waals surface area contributed by atoms with Gasteiger partial charge >= 0.3 is 0 Å². The fraction of sp³-hybridized carbons (Fsp3) is 0.276. The van der Waals surface area contributed by atoms with Crippen molar-refractivity contribution in [2.45, 2.75) is 242 Å². The molecule has 0 bridgehead atoms. The van der Waals surface area contributed by atoms with Gasteiger partial charge in [0.15, 0.2) is 0 Å². The largest absolute Gasteiger partial charge is 0.0683 e. The summed E-state index contributed by atoms with van der Waals surface area (Å²) in [4.78, 5) is 0. The molecule has 0 nitrogen and oxygen atoms in total. The summed E-state index contributed by atoms with van der Waals surface area (Å²) < 4.78 is 0. The Bertz CT molecular complexity index is 6730. The molecule has 22 aromatic carbocycles. The summed E-state index contributed by atoms with van der Waals surface area (Å²) in [7, 11) is 0. The Kier molecular flexibility index (Phi) is 41.2. The molecule has 0 aliphatic rings. The van der Waals surface area contributed by atoms with Crippen LogP contribution in [0.1, 0.15) is 225 Å². The maximum Gasteiger partial charge on any atom is -0.00215 e. The highest BCUT2D eigenvalue weighted by molar-refractivity contribution is 6.28. The molecule has 660 valence electrons. The van der Waals surface area contributed by atoms with Gasteiger partial charge in [-0.15, -0.1) is 0 Å². The van der Waals surface area contributed by atoms with Crippen molar-refractivity contribution in [1.82, 2.24) is 0 Å². The lowest BCUT2D eigenvalue weighted by Crippen LogP contribution is -1.88. The Morgan fingerprint density at radius 3 is 0.748 bits per heavy atom. The van der Waals surface area contributed by atoms with E-state index in [1.165, 1.54) is 245 Å². The first-order valence-electron chi connectivity index (χ1n) is 48.3. The van der Waals surface area contributed by atoms with Crippen molar-refractivity contribution in [3.63, 3.8) is 0 Å². The monoisotopic (exact) mass is 1680 g/mol. The van der Waals surface area contributed by atoms with Crippen LogP contribution in [0.4, 0.5) is 0 Å². The average molecular weight is 1680 g/mol. The van der Waals surface area contributed by atoms with Crippen LogP contribution in [0.2, 0.25) is 0 Å². The lowest BCUT2D eigenvalue weighted by Gasteiger charge is -2.14. The van der Waals surface area contributed by atoms with E-state index in [9.17, 15) is 0 Å². The van der Waals surface area contributed by atoms with Gasteiger partial charge in [0, 0.05) is 0 Å². The van der Waals surface area contributed by atoms with Gasteiger partial charge in [-0.05, 0) is 342 Å². The van der Waals surface area contributed by atoms with Crippen LogP contribution >= 0.6 is 0 Å². The van der Waals surface area contributed by atoms with Crippen molar-refractivity contribution in [2.75, 3.05) is 0 Å². The van der Waals surface area contributed by atoms with E-state index in [4.69, 9.17) is 0 Å². The maximum absolute atomic E-state index is 2.31. The molecule has 127 heavy (non-hydrogen) atoms. The lowest BCUT2D eigenvalue weighted by molar-refractivity contribution is 1.46. The predicted molar refractivity (Wildman–Crippen MR) is 590 cm³/mol. The Morgan fingerprint density at radius 2 is 0.346 bits per heavy atom. The minimum atomic E-state index is 1.32. The van der Waals surface area contributed by atoms with Crippen LogP contribution in [0.5, 0.6) is 0 Å². The van der Waals surface area contributed by atoms with Crippen LogP contribution < -0.4 is 0 Å². The van der Waals surface area contributed by atoms with Gasteiger partial charge in [-0.25, -0.2) is 0 Å². The van der Waals surface area contributed by atoms with Gasteiger partial charge in [0.05, 0.1) is 0 Å². The van der Waals surface area contributed by atoms with Gasteiger partial charge in [-0.2, -0.15) is 0 Å². The molecule has 0 spiro atoms. The van der Waals surface area contributed by atoms with Crippen LogP contribution in [-0.4, -0.2) is 0 Å². The molecule has 0 radical (unpaired) electrons. The van der Waals surface area contributed by atoms with Gasteiger partial charge in [0.1, 0.15) is 0 Å². The molecule has 0 amide bonds. The fourth-order valence-electron chi connectivity index (χ4n) is 17.6. The summed E-state index contributed by atoms with van der Waals surface area (Å²) in [5.74, 6) is 0. The molecule has 0 heteroatoms. The van der Waals surface area contributed by atoms with E-state index in [1.54, 1.807) is 0 Å². The van der Waals surface area contributed by atoms with E-state index < -0.39 is 0 Å². The van der Waals surface area contributed by atoms with Gasteiger partial charge in [0.25, 0.3) is 0 Å². The molecule has 0 aliphatic carbocycles. The normalized spacial score (nSPS) is 10.2. The third-order valence-corrected chi connectivity index (χ3v) is 22.9. The fourth-order valence-corrected chi connectivity index (χ4v) is 17.6. The average Bonchev–Trinajstić information content (AvgIpc) is 0.750. The highest BCUT2D eigenvalue weighted by Crippen LogP contribution is 2.42. The van der Waals surface area contributed by atoms with E-state index in [0.717, 1.165) is 0 Å². The van der Waals surface area contributed by atoms with E-state index in [2.05, 4.69) is 375 Å². The summed E-state index contributed by atoms with van der Waals surface area (Å²) in [6.45, 7) is 72.4. The molecule has 0 saturated heterocycles. The Hall–Kier alpha value is -12.0. The second kappa shape index (κ2) is 50.4. The topological polar surface area (TPSA) is 0 Å². The third kappa shape index (κ3) is 22.5. The van der Waals surface area contributed by atoms with E-state index in [1.807, 2.05) is 152 Å². The zero-order chi connectivity index (χ0) is 94.2. The van der Waals surface area contributed by atoms with Crippen molar-refractivity contribution >= 4 is 172 Å². The molecule has 0 fully saturated rings. The molecule has 0 N–H and O–H groups in total. The molecule has 22 rings (SSSR count). The smallest absolute Gasteiger partial charge is 0.00215 e. The molecular formula is C127H152. The van der Waals surface area contributed by atoms with Crippen molar-refractivity contribution < 1.29 is 0 Å². The van der Waals surface area contributed by atoms with Crippen LogP contribution in [0, 0.1) is 90.0 Å². The summed E-state index contributed by atoms with van der Waals surface area (Å²) in [6.07, 6.45) is 0.